The van der Waals surface area contributed by atoms with Crippen LogP contribution in [-0.2, 0) is 19.1 Å². The lowest BCUT2D eigenvalue weighted by molar-refractivity contribution is -0.141. The molecule has 1 aromatic carbocycles. The molecule has 4 aliphatic heterocycles. The number of carbonyl (C=O) groups is 3. The molecule has 236 valence electrons. The lowest BCUT2D eigenvalue weighted by Crippen LogP contribution is -2.58. The summed E-state index contributed by atoms with van der Waals surface area (Å²) in [6.45, 7) is 10.3. The lowest BCUT2D eigenvalue weighted by atomic mass is 9.73. The molecule has 5 aliphatic rings. The van der Waals surface area contributed by atoms with Crippen molar-refractivity contribution in [3.8, 4) is 0 Å². The van der Waals surface area contributed by atoms with E-state index >= 15 is 0 Å². The van der Waals surface area contributed by atoms with E-state index < -0.39 is 29.6 Å². The first-order chi connectivity index (χ1) is 20.2. The summed E-state index contributed by atoms with van der Waals surface area (Å²) in [5.74, 6) is -0.440. The number of nitrogens with zero attached hydrogens (tertiary/aromatic N) is 2. The number of halogens is 2. The van der Waals surface area contributed by atoms with E-state index in [1.54, 1.807) is 29.2 Å². The van der Waals surface area contributed by atoms with Gasteiger partial charge < -0.3 is 25.2 Å². The van der Waals surface area contributed by atoms with Gasteiger partial charge in [0.05, 0.1) is 17.9 Å². The van der Waals surface area contributed by atoms with E-state index in [0.717, 1.165) is 44.8 Å². The molecule has 4 fully saturated rings. The summed E-state index contributed by atoms with van der Waals surface area (Å²) in [7, 11) is 0. The molecular weight excluding hydrogens is 587 g/mol. The van der Waals surface area contributed by atoms with Crippen LogP contribution in [0.1, 0.15) is 59.3 Å². The summed E-state index contributed by atoms with van der Waals surface area (Å²) in [6, 6.07) is 6.24. The van der Waals surface area contributed by atoms with Crippen molar-refractivity contribution in [3.63, 3.8) is 0 Å². The van der Waals surface area contributed by atoms with Crippen molar-refractivity contribution in [2.24, 2.45) is 29.6 Å². The normalized spacial score (nSPS) is 35.5. The third-order valence-electron chi connectivity index (χ3n) is 10.8. The Kier molecular flexibility index (Phi) is 9.81. The van der Waals surface area contributed by atoms with Gasteiger partial charge in [-0.2, -0.15) is 0 Å². The average Bonchev–Trinajstić information content (AvgIpc) is 3.60. The summed E-state index contributed by atoms with van der Waals surface area (Å²) in [4.78, 5) is 46.3. The van der Waals surface area contributed by atoms with Crippen LogP contribution >= 0.6 is 24.0 Å². The number of likely N-dealkylation sites (tertiary alicyclic amines) is 2. The molecule has 0 radical (unpaired) electrons. The Morgan fingerprint density at radius 1 is 1.07 bits per heavy atom. The molecule has 2 bridgehead atoms. The molecule has 0 aromatic heterocycles. The number of fused-ring (bicyclic) bond motifs is 1. The van der Waals surface area contributed by atoms with Crippen LogP contribution in [0.4, 0.5) is 5.69 Å². The first-order valence-electron chi connectivity index (χ1n) is 15.9. The Bertz CT molecular complexity index is 1240. The molecule has 1 aromatic rings. The first-order valence-corrected chi connectivity index (χ1v) is 16.3. The van der Waals surface area contributed by atoms with Gasteiger partial charge in [-0.3, -0.25) is 14.4 Å². The molecule has 1 spiro atoms. The van der Waals surface area contributed by atoms with Crippen LogP contribution in [0.3, 0.4) is 0 Å². The number of ether oxygens (including phenoxy) is 1. The second-order valence-electron chi connectivity index (χ2n) is 13.5. The van der Waals surface area contributed by atoms with Crippen molar-refractivity contribution in [1.29, 1.82) is 0 Å². The Morgan fingerprint density at radius 3 is 2.58 bits per heavy atom. The largest absolute Gasteiger partial charge is 0.359 e. The number of nitrogens with one attached hydrogen (secondary N) is 2. The van der Waals surface area contributed by atoms with Crippen LogP contribution in [0.2, 0.25) is 5.02 Å². The smallest absolute Gasteiger partial charge is 0.246 e. The molecular formula is C33H46Cl2N4O4. The van der Waals surface area contributed by atoms with Gasteiger partial charge in [0.1, 0.15) is 11.6 Å². The maximum Gasteiger partial charge on any atom is 0.246 e. The Labute approximate surface area is 266 Å². The molecule has 10 heteroatoms. The zero-order valence-corrected chi connectivity index (χ0v) is 27.0. The van der Waals surface area contributed by atoms with Gasteiger partial charge in [-0.25, -0.2) is 0 Å². The Balaban J connectivity index is 0.00000368. The molecule has 8 atom stereocenters. The second-order valence-corrected chi connectivity index (χ2v) is 13.9. The number of benzene rings is 1. The third-order valence-corrected chi connectivity index (χ3v) is 11.0. The monoisotopic (exact) mass is 632 g/mol. The molecule has 3 saturated heterocycles. The van der Waals surface area contributed by atoms with Crippen molar-refractivity contribution >= 4 is 47.4 Å². The number of anilines is 1. The highest BCUT2D eigenvalue weighted by Crippen LogP contribution is 2.55. The van der Waals surface area contributed by atoms with E-state index in [1.807, 2.05) is 12.2 Å². The minimum Gasteiger partial charge on any atom is -0.359 e. The molecule has 3 amide bonds. The van der Waals surface area contributed by atoms with Crippen molar-refractivity contribution in [3.05, 3.63) is 41.4 Å². The van der Waals surface area contributed by atoms with E-state index in [-0.39, 0.29) is 36.2 Å². The Morgan fingerprint density at radius 2 is 1.84 bits per heavy atom. The van der Waals surface area contributed by atoms with E-state index in [2.05, 4.69) is 36.3 Å². The van der Waals surface area contributed by atoms with Crippen molar-refractivity contribution in [2.75, 3.05) is 31.5 Å². The highest BCUT2D eigenvalue weighted by Gasteiger charge is 2.72. The highest BCUT2D eigenvalue weighted by molar-refractivity contribution is 6.30. The first kappa shape index (κ1) is 32.3. The number of amides is 3. The predicted molar refractivity (Wildman–Crippen MR) is 170 cm³/mol. The molecule has 1 aliphatic carbocycles. The number of hydrogen-bond donors (Lipinski definition) is 2. The minimum atomic E-state index is -1.15. The topological polar surface area (TPSA) is 91.0 Å². The van der Waals surface area contributed by atoms with Crippen LogP contribution in [0.25, 0.3) is 0 Å². The summed E-state index contributed by atoms with van der Waals surface area (Å²) >= 11 is 6.15. The Hall–Kier alpha value is -2.13. The zero-order chi connectivity index (χ0) is 29.6. The van der Waals surface area contributed by atoms with Crippen molar-refractivity contribution in [2.45, 2.75) is 83.1 Å². The summed E-state index contributed by atoms with van der Waals surface area (Å²) in [5, 5.41) is 6.81. The fourth-order valence-electron chi connectivity index (χ4n) is 8.10. The zero-order valence-electron chi connectivity index (χ0n) is 25.5. The van der Waals surface area contributed by atoms with Crippen molar-refractivity contribution in [1.82, 2.24) is 15.1 Å². The predicted octanol–water partition coefficient (Wildman–Crippen LogP) is 4.91. The molecule has 2 N–H and O–H groups in total. The summed E-state index contributed by atoms with van der Waals surface area (Å²) < 4.78 is 6.53. The van der Waals surface area contributed by atoms with Crippen LogP contribution < -0.4 is 10.6 Å². The maximum atomic E-state index is 14.3. The van der Waals surface area contributed by atoms with Gasteiger partial charge in [-0.15, -0.1) is 12.4 Å². The van der Waals surface area contributed by atoms with Crippen LogP contribution in [0, 0.1) is 29.6 Å². The minimum absolute atomic E-state index is 0. The summed E-state index contributed by atoms with van der Waals surface area (Å²) in [6.07, 6.45) is 9.56. The van der Waals surface area contributed by atoms with E-state index in [1.165, 1.54) is 19.3 Å². The van der Waals surface area contributed by atoms with Gasteiger partial charge in [0.2, 0.25) is 17.7 Å². The molecule has 4 heterocycles. The van der Waals surface area contributed by atoms with Crippen LogP contribution in [-0.4, -0.2) is 77.5 Å². The van der Waals surface area contributed by atoms with Gasteiger partial charge in [-0.1, -0.05) is 63.4 Å². The number of rotatable bonds is 8. The molecule has 6 rings (SSSR count). The van der Waals surface area contributed by atoms with Crippen LogP contribution in [0.15, 0.2) is 36.4 Å². The number of carbonyl (C=O) groups excluding carboxylic acids is 3. The molecule has 8 nitrogen and oxygen atoms in total. The lowest BCUT2D eigenvalue weighted by Gasteiger charge is -2.38. The highest BCUT2D eigenvalue weighted by atomic mass is 35.5. The van der Waals surface area contributed by atoms with Gasteiger partial charge in [0.15, 0.2) is 0 Å². The number of hydrogen-bond acceptors (Lipinski definition) is 5. The van der Waals surface area contributed by atoms with Gasteiger partial charge in [0.25, 0.3) is 0 Å². The fourth-order valence-corrected chi connectivity index (χ4v) is 8.29. The van der Waals surface area contributed by atoms with Crippen molar-refractivity contribution < 1.29 is 19.1 Å². The fraction of sp³-hybridized carbons (Fsp3) is 0.667. The van der Waals surface area contributed by atoms with E-state index in [9.17, 15) is 14.4 Å². The SMILES string of the molecule is CC1CCN(CCCN2C(=O)C3C(C(=O)Nc4cccc(Cl)c4)C4C=CC3(O4)C2C(=O)NC2CCCC(C)C2C)CC1.Cl. The summed E-state index contributed by atoms with van der Waals surface area (Å²) in [5.41, 5.74) is -0.576. The molecule has 8 unspecified atom stereocenters. The quantitative estimate of drug-likeness (QED) is 0.397. The molecule has 1 saturated carbocycles. The van der Waals surface area contributed by atoms with Gasteiger partial charge in [0, 0.05) is 23.3 Å². The van der Waals surface area contributed by atoms with E-state index in [4.69, 9.17) is 16.3 Å². The third kappa shape index (κ3) is 6.09. The van der Waals surface area contributed by atoms with Gasteiger partial charge >= 0.3 is 0 Å². The standard InChI is InChI=1S/C33H45ClN4O4.ClH/c1-20-12-17-37(18-13-20)15-6-16-38-29(31(40)36-25-10-4-7-21(2)22(25)3)33-14-11-26(42-33)27(28(33)32(38)41)30(39)35-24-9-5-8-23(34)19-24;/h5,8-9,11,14,19-22,25-29H,4,6-7,10,12-13,15-18H2,1-3H3,(H,35,39)(H,36,40);1H. The molecule has 43 heavy (non-hydrogen) atoms. The van der Waals surface area contributed by atoms with Gasteiger partial charge in [-0.05, 0) is 81.3 Å². The maximum absolute atomic E-state index is 14.3. The second kappa shape index (κ2) is 13.1. The average molecular weight is 634 g/mol. The van der Waals surface area contributed by atoms with Crippen LogP contribution in [0.5, 0.6) is 0 Å². The van der Waals surface area contributed by atoms with E-state index in [0.29, 0.717) is 29.1 Å². The number of piperidine rings is 1.